The molecule has 1 saturated carbocycles. The van der Waals surface area contributed by atoms with Gasteiger partial charge >= 0.3 is 0 Å². The van der Waals surface area contributed by atoms with Crippen molar-refractivity contribution in [2.75, 3.05) is 39.3 Å². The van der Waals surface area contributed by atoms with E-state index in [-0.39, 0.29) is 29.6 Å². The number of piperidine rings is 1. The Kier molecular flexibility index (Phi) is 7.62. The number of carbonyl (C=O) groups excluding carboxylic acids is 3. The van der Waals surface area contributed by atoms with E-state index in [4.69, 9.17) is 23.2 Å². The molecule has 3 fully saturated rings. The molecule has 1 aromatic carbocycles. The van der Waals surface area contributed by atoms with Gasteiger partial charge in [-0.15, -0.1) is 0 Å². The first-order chi connectivity index (χ1) is 15.4. The van der Waals surface area contributed by atoms with E-state index in [0.29, 0.717) is 54.9 Å². The Bertz CT molecular complexity index is 864. The first-order valence-electron chi connectivity index (χ1n) is 11.8. The number of hydrogen-bond acceptors (Lipinski definition) is 3. The van der Waals surface area contributed by atoms with Crippen molar-refractivity contribution in [3.8, 4) is 0 Å². The number of carbonyl (C=O) groups is 3. The fourth-order valence-corrected chi connectivity index (χ4v) is 5.49. The first-order valence-corrected chi connectivity index (χ1v) is 12.5. The van der Waals surface area contributed by atoms with Crippen LogP contribution in [0.25, 0.3) is 0 Å². The minimum atomic E-state index is -0.198. The summed E-state index contributed by atoms with van der Waals surface area (Å²) in [6.07, 6.45) is 7.11. The highest BCUT2D eigenvalue weighted by atomic mass is 35.5. The molecule has 0 radical (unpaired) electrons. The van der Waals surface area contributed by atoms with Gasteiger partial charge in [0.05, 0.1) is 16.0 Å². The molecule has 8 heteroatoms. The van der Waals surface area contributed by atoms with E-state index in [9.17, 15) is 14.4 Å². The Morgan fingerprint density at radius 1 is 0.688 bits per heavy atom. The summed E-state index contributed by atoms with van der Waals surface area (Å²) >= 11 is 12.0. The van der Waals surface area contributed by atoms with Gasteiger partial charge in [-0.1, -0.05) is 42.5 Å². The van der Waals surface area contributed by atoms with Crippen molar-refractivity contribution in [3.63, 3.8) is 0 Å². The standard InChI is InChI=1S/C24H31Cl2N3O3/c25-20-9-8-18(15-21(20)26)23(31)29-10-4-7-19(16-29)24(32)28-13-11-27(12-14-28)22(30)17-5-2-1-3-6-17/h8-9,15,17,19H,1-7,10-14,16H2. The van der Waals surface area contributed by atoms with E-state index in [0.717, 1.165) is 38.5 Å². The minimum absolute atomic E-state index is 0.0985. The quantitative estimate of drug-likeness (QED) is 0.655. The lowest BCUT2D eigenvalue weighted by atomic mass is 9.88. The summed E-state index contributed by atoms with van der Waals surface area (Å²) in [5, 5.41) is 0.763. The molecular weight excluding hydrogens is 449 g/mol. The Morgan fingerprint density at radius 2 is 1.28 bits per heavy atom. The molecule has 1 unspecified atom stereocenters. The fraction of sp³-hybridized carbons (Fsp3) is 0.625. The summed E-state index contributed by atoms with van der Waals surface area (Å²) in [4.78, 5) is 44.5. The molecule has 174 valence electrons. The molecule has 6 nitrogen and oxygen atoms in total. The molecule has 32 heavy (non-hydrogen) atoms. The molecule has 0 bridgehead atoms. The Morgan fingerprint density at radius 3 is 1.91 bits per heavy atom. The summed E-state index contributed by atoms with van der Waals surface area (Å²) in [5.74, 6) is 0.222. The summed E-state index contributed by atoms with van der Waals surface area (Å²) in [6, 6.07) is 4.88. The van der Waals surface area contributed by atoms with Gasteiger partial charge in [0.25, 0.3) is 5.91 Å². The average Bonchev–Trinajstić information content (AvgIpc) is 2.85. The summed E-state index contributed by atoms with van der Waals surface area (Å²) in [7, 11) is 0. The van der Waals surface area contributed by atoms with E-state index >= 15 is 0 Å². The number of hydrogen-bond donors (Lipinski definition) is 0. The van der Waals surface area contributed by atoms with Gasteiger partial charge in [0.2, 0.25) is 11.8 Å². The number of likely N-dealkylation sites (tertiary alicyclic amines) is 1. The van der Waals surface area contributed by atoms with Crippen molar-refractivity contribution in [2.45, 2.75) is 44.9 Å². The van der Waals surface area contributed by atoms with Gasteiger partial charge in [0.1, 0.15) is 0 Å². The second-order valence-corrected chi connectivity index (χ2v) is 10.0. The second kappa shape index (κ2) is 10.4. The van der Waals surface area contributed by atoms with E-state index in [1.165, 1.54) is 6.42 Å². The van der Waals surface area contributed by atoms with Crippen molar-refractivity contribution in [2.24, 2.45) is 11.8 Å². The molecule has 3 amide bonds. The van der Waals surface area contributed by atoms with Gasteiger partial charge in [0.15, 0.2) is 0 Å². The van der Waals surface area contributed by atoms with Crippen LogP contribution in [0.1, 0.15) is 55.3 Å². The molecule has 4 rings (SSSR count). The number of halogens is 2. The van der Waals surface area contributed by atoms with Crippen molar-refractivity contribution < 1.29 is 14.4 Å². The normalized spacial score (nSPS) is 22.7. The average molecular weight is 480 g/mol. The molecule has 3 aliphatic rings. The Labute approximate surface area is 199 Å². The van der Waals surface area contributed by atoms with Crippen molar-refractivity contribution in [1.82, 2.24) is 14.7 Å². The van der Waals surface area contributed by atoms with Crippen LogP contribution in [-0.4, -0.2) is 71.7 Å². The van der Waals surface area contributed by atoms with Gasteiger partial charge in [0, 0.05) is 50.7 Å². The van der Waals surface area contributed by atoms with Crippen LogP contribution in [0.15, 0.2) is 18.2 Å². The SMILES string of the molecule is O=C(c1ccc(Cl)c(Cl)c1)N1CCCC(C(=O)N2CCN(C(=O)C3CCCCC3)CC2)C1. The zero-order chi connectivity index (χ0) is 22.7. The van der Waals surface area contributed by atoms with Crippen LogP contribution < -0.4 is 0 Å². The lowest BCUT2D eigenvalue weighted by molar-refractivity contribution is -0.145. The number of rotatable bonds is 3. The fourth-order valence-electron chi connectivity index (χ4n) is 5.19. The van der Waals surface area contributed by atoms with Gasteiger partial charge in [-0.25, -0.2) is 0 Å². The molecule has 1 atom stereocenters. The van der Waals surface area contributed by atoms with Crippen LogP contribution in [0.3, 0.4) is 0 Å². The molecule has 0 aromatic heterocycles. The van der Waals surface area contributed by atoms with Gasteiger partial charge < -0.3 is 14.7 Å². The maximum Gasteiger partial charge on any atom is 0.253 e. The van der Waals surface area contributed by atoms with Crippen molar-refractivity contribution >= 4 is 40.9 Å². The number of piperazine rings is 1. The second-order valence-electron chi connectivity index (χ2n) is 9.20. The predicted molar refractivity (Wildman–Crippen MR) is 125 cm³/mol. The van der Waals surface area contributed by atoms with E-state index in [1.54, 1.807) is 23.1 Å². The molecule has 0 N–H and O–H groups in total. The van der Waals surface area contributed by atoms with E-state index < -0.39 is 0 Å². The molecule has 1 aromatic rings. The maximum absolute atomic E-state index is 13.2. The number of benzene rings is 1. The van der Waals surface area contributed by atoms with Gasteiger partial charge in [-0.05, 0) is 43.9 Å². The highest BCUT2D eigenvalue weighted by molar-refractivity contribution is 6.42. The van der Waals surface area contributed by atoms with Gasteiger partial charge in [-0.2, -0.15) is 0 Å². The Hall–Kier alpha value is -1.79. The smallest absolute Gasteiger partial charge is 0.253 e. The summed E-state index contributed by atoms with van der Waals surface area (Å²) in [6.45, 7) is 3.42. The summed E-state index contributed by atoms with van der Waals surface area (Å²) in [5.41, 5.74) is 0.488. The maximum atomic E-state index is 13.2. The molecule has 2 heterocycles. The molecule has 2 saturated heterocycles. The van der Waals surface area contributed by atoms with E-state index in [2.05, 4.69) is 0 Å². The minimum Gasteiger partial charge on any atom is -0.339 e. The third-order valence-corrected chi connectivity index (χ3v) is 7.82. The lowest BCUT2D eigenvalue weighted by Crippen LogP contribution is -2.55. The monoisotopic (exact) mass is 479 g/mol. The molecular formula is C24H31Cl2N3O3. The van der Waals surface area contributed by atoms with Crippen LogP contribution in [0, 0.1) is 11.8 Å². The summed E-state index contributed by atoms with van der Waals surface area (Å²) < 4.78 is 0. The lowest BCUT2D eigenvalue weighted by Gasteiger charge is -2.40. The van der Waals surface area contributed by atoms with Crippen LogP contribution in [0.4, 0.5) is 0 Å². The molecule has 0 spiro atoms. The first kappa shape index (κ1) is 23.4. The zero-order valence-corrected chi connectivity index (χ0v) is 19.9. The van der Waals surface area contributed by atoms with Crippen LogP contribution in [0.2, 0.25) is 10.0 Å². The largest absolute Gasteiger partial charge is 0.339 e. The molecule has 2 aliphatic heterocycles. The van der Waals surface area contributed by atoms with Crippen molar-refractivity contribution in [1.29, 1.82) is 0 Å². The van der Waals surface area contributed by atoms with Crippen LogP contribution in [0.5, 0.6) is 0 Å². The third kappa shape index (κ3) is 5.23. The van der Waals surface area contributed by atoms with Crippen LogP contribution in [-0.2, 0) is 9.59 Å². The number of nitrogens with zero attached hydrogens (tertiary/aromatic N) is 3. The van der Waals surface area contributed by atoms with Crippen molar-refractivity contribution in [3.05, 3.63) is 33.8 Å². The van der Waals surface area contributed by atoms with Gasteiger partial charge in [-0.3, -0.25) is 14.4 Å². The highest BCUT2D eigenvalue weighted by Gasteiger charge is 2.34. The molecule has 1 aliphatic carbocycles. The van der Waals surface area contributed by atoms with E-state index in [1.807, 2.05) is 9.80 Å². The zero-order valence-electron chi connectivity index (χ0n) is 18.4. The van der Waals surface area contributed by atoms with Crippen LogP contribution >= 0.6 is 23.2 Å². The third-order valence-electron chi connectivity index (χ3n) is 7.08. The number of amides is 3. The topological polar surface area (TPSA) is 60.9 Å². The Balaban J connectivity index is 1.31. The highest BCUT2D eigenvalue weighted by Crippen LogP contribution is 2.27. The predicted octanol–water partition coefficient (Wildman–Crippen LogP) is 4.10.